The zero-order valence-electron chi connectivity index (χ0n) is 18.6. The maximum absolute atomic E-state index is 13.2. The third kappa shape index (κ3) is 4.57. The third-order valence-electron chi connectivity index (χ3n) is 5.82. The summed E-state index contributed by atoms with van der Waals surface area (Å²) in [6, 6.07) is 8.88. The second-order valence-electron chi connectivity index (χ2n) is 8.02. The van der Waals surface area contributed by atoms with Crippen LogP contribution in [-0.2, 0) is 31.3 Å². The summed E-state index contributed by atoms with van der Waals surface area (Å²) in [6.07, 6.45) is 2.14. The molecule has 1 saturated heterocycles. The number of hydrogen-bond acceptors (Lipinski definition) is 6. The van der Waals surface area contributed by atoms with Crippen molar-refractivity contribution in [2.45, 2.75) is 42.9 Å². The lowest BCUT2D eigenvalue weighted by atomic mass is 10.2. The van der Waals surface area contributed by atoms with Crippen LogP contribution in [0.25, 0.3) is 0 Å². The van der Waals surface area contributed by atoms with Crippen LogP contribution < -0.4 is 14.4 Å². The van der Waals surface area contributed by atoms with Gasteiger partial charge in [-0.05, 0) is 68.1 Å². The molecule has 178 valence electrons. The lowest BCUT2D eigenvalue weighted by Crippen LogP contribution is -2.28. The number of amides is 1. The molecule has 2 aromatic carbocycles. The van der Waals surface area contributed by atoms with Crippen molar-refractivity contribution in [3.63, 3.8) is 0 Å². The summed E-state index contributed by atoms with van der Waals surface area (Å²) in [5.74, 6) is 0.0952. The van der Waals surface area contributed by atoms with Gasteiger partial charge in [-0.3, -0.25) is 9.52 Å². The van der Waals surface area contributed by atoms with Crippen LogP contribution in [0.1, 0.15) is 32.3 Å². The number of nitrogens with zero attached hydrogens (tertiary/aromatic N) is 2. The molecule has 0 spiro atoms. The fourth-order valence-corrected chi connectivity index (χ4v) is 6.98. The molecular weight excluding hydrogens is 466 g/mol. The van der Waals surface area contributed by atoms with Crippen LogP contribution in [0.4, 0.5) is 11.4 Å². The number of carbonyl (C=O) groups is 1. The molecule has 11 heteroatoms. The Morgan fingerprint density at radius 2 is 1.76 bits per heavy atom. The zero-order chi connectivity index (χ0) is 23.8. The van der Waals surface area contributed by atoms with Crippen molar-refractivity contribution in [3.05, 3.63) is 42.0 Å². The molecule has 2 aliphatic heterocycles. The molecule has 4 rings (SSSR count). The van der Waals surface area contributed by atoms with Gasteiger partial charge in [-0.1, -0.05) is 0 Å². The first-order valence-corrected chi connectivity index (χ1v) is 13.8. The molecule has 1 amide bonds. The summed E-state index contributed by atoms with van der Waals surface area (Å²) in [5, 5.41) is 0. The molecule has 9 nitrogen and oxygen atoms in total. The van der Waals surface area contributed by atoms with Gasteiger partial charge in [0, 0.05) is 32.2 Å². The molecule has 0 unspecified atom stereocenters. The smallest absolute Gasteiger partial charge is 0.261 e. The van der Waals surface area contributed by atoms with Gasteiger partial charge < -0.3 is 9.64 Å². The fraction of sp³-hybridized carbons (Fsp3) is 0.409. The topological polar surface area (TPSA) is 113 Å². The Labute approximate surface area is 194 Å². The average molecular weight is 494 g/mol. The maximum Gasteiger partial charge on any atom is 0.261 e. The summed E-state index contributed by atoms with van der Waals surface area (Å²) in [5.41, 5.74) is 1.61. The predicted molar refractivity (Wildman–Crippen MR) is 125 cm³/mol. The second-order valence-corrected chi connectivity index (χ2v) is 11.6. The van der Waals surface area contributed by atoms with Gasteiger partial charge >= 0.3 is 0 Å². The van der Waals surface area contributed by atoms with E-state index in [1.165, 1.54) is 35.5 Å². The molecule has 0 saturated carbocycles. The molecule has 2 aromatic rings. The minimum atomic E-state index is -3.98. The molecule has 0 bridgehead atoms. The van der Waals surface area contributed by atoms with Gasteiger partial charge in [-0.2, -0.15) is 4.31 Å². The Balaban J connectivity index is 1.65. The molecule has 2 heterocycles. The zero-order valence-corrected chi connectivity index (χ0v) is 20.2. The molecular formula is C22H27N3O6S2. The largest absolute Gasteiger partial charge is 0.492 e. The number of fused-ring (bicyclic) bond motifs is 1. The molecule has 33 heavy (non-hydrogen) atoms. The molecule has 0 atom stereocenters. The summed E-state index contributed by atoms with van der Waals surface area (Å²) >= 11 is 0. The molecule has 0 radical (unpaired) electrons. The highest BCUT2D eigenvalue weighted by atomic mass is 32.2. The van der Waals surface area contributed by atoms with Crippen LogP contribution in [0.5, 0.6) is 5.75 Å². The molecule has 1 N–H and O–H groups in total. The van der Waals surface area contributed by atoms with Gasteiger partial charge in [-0.25, -0.2) is 16.8 Å². The van der Waals surface area contributed by atoms with Crippen molar-refractivity contribution in [2.24, 2.45) is 0 Å². The SMILES string of the molecule is CCOc1ccc(NS(=O)(=O)c2ccc3c(c2)CCN3C(C)=O)cc1S(=O)(=O)N1CCCC1. The van der Waals surface area contributed by atoms with Gasteiger partial charge in [0.05, 0.1) is 17.2 Å². The van der Waals surface area contributed by atoms with E-state index in [0.29, 0.717) is 31.7 Å². The van der Waals surface area contributed by atoms with Crippen LogP contribution in [0.15, 0.2) is 46.2 Å². The van der Waals surface area contributed by atoms with Crippen LogP contribution >= 0.6 is 0 Å². The fourth-order valence-electron chi connectivity index (χ4n) is 4.20. The number of benzene rings is 2. The normalized spacial score (nSPS) is 16.6. The third-order valence-corrected chi connectivity index (χ3v) is 9.11. The summed E-state index contributed by atoms with van der Waals surface area (Å²) in [7, 11) is -7.80. The number of nitrogens with one attached hydrogen (secondary N) is 1. The van der Waals surface area contributed by atoms with Crippen LogP contribution in [-0.4, -0.2) is 53.3 Å². The first-order chi connectivity index (χ1) is 15.6. The van der Waals surface area contributed by atoms with E-state index in [2.05, 4.69) is 4.72 Å². The lowest BCUT2D eigenvalue weighted by Gasteiger charge is -2.19. The quantitative estimate of drug-likeness (QED) is 0.634. The van der Waals surface area contributed by atoms with E-state index < -0.39 is 20.0 Å². The first kappa shape index (κ1) is 23.5. The van der Waals surface area contributed by atoms with Crippen molar-refractivity contribution < 1.29 is 26.4 Å². The van der Waals surface area contributed by atoms with E-state index in [1.807, 2.05) is 0 Å². The Morgan fingerprint density at radius 3 is 2.42 bits per heavy atom. The monoisotopic (exact) mass is 493 g/mol. The first-order valence-electron chi connectivity index (χ1n) is 10.8. The number of hydrogen-bond donors (Lipinski definition) is 1. The van der Waals surface area contributed by atoms with Crippen LogP contribution in [0.3, 0.4) is 0 Å². The number of rotatable bonds is 7. The Hall–Kier alpha value is -2.63. The van der Waals surface area contributed by atoms with E-state index >= 15 is 0 Å². The van der Waals surface area contributed by atoms with Crippen molar-refractivity contribution in [2.75, 3.05) is 35.9 Å². The minimum Gasteiger partial charge on any atom is -0.492 e. The van der Waals surface area contributed by atoms with Crippen molar-refractivity contribution in [3.8, 4) is 5.75 Å². The van der Waals surface area contributed by atoms with Crippen molar-refractivity contribution >= 4 is 37.3 Å². The molecule has 1 fully saturated rings. The Morgan fingerprint density at radius 1 is 1.03 bits per heavy atom. The van der Waals surface area contributed by atoms with E-state index in [0.717, 1.165) is 18.4 Å². The van der Waals surface area contributed by atoms with E-state index in [9.17, 15) is 21.6 Å². The number of anilines is 2. The van der Waals surface area contributed by atoms with Crippen molar-refractivity contribution in [1.82, 2.24) is 4.31 Å². The maximum atomic E-state index is 13.2. The summed E-state index contributed by atoms with van der Waals surface area (Å²) in [6.45, 7) is 4.87. The van der Waals surface area contributed by atoms with Gasteiger partial charge in [0.1, 0.15) is 10.6 Å². The number of ether oxygens (including phenoxy) is 1. The van der Waals surface area contributed by atoms with Gasteiger partial charge in [0.25, 0.3) is 10.0 Å². The van der Waals surface area contributed by atoms with Gasteiger partial charge in [0.15, 0.2) is 0 Å². The van der Waals surface area contributed by atoms with Crippen LogP contribution in [0.2, 0.25) is 0 Å². The number of carbonyl (C=O) groups excluding carboxylic acids is 1. The van der Waals surface area contributed by atoms with E-state index in [-0.39, 0.29) is 33.7 Å². The molecule has 0 aromatic heterocycles. The highest BCUT2D eigenvalue weighted by Gasteiger charge is 2.31. The lowest BCUT2D eigenvalue weighted by molar-refractivity contribution is -0.116. The molecule has 0 aliphatic carbocycles. The van der Waals surface area contributed by atoms with Crippen molar-refractivity contribution in [1.29, 1.82) is 0 Å². The average Bonchev–Trinajstić information content (AvgIpc) is 3.44. The number of sulfonamides is 2. The van der Waals surface area contributed by atoms with E-state index in [4.69, 9.17) is 4.74 Å². The summed E-state index contributed by atoms with van der Waals surface area (Å²) < 4.78 is 61.9. The van der Waals surface area contributed by atoms with Crippen LogP contribution in [0, 0.1) is 0 Å². The highest BCUT2D eigenvalue weighted by Crippen LogP contribution is 2.34. The van der Waals surface area contributed by atoms with E-state index in [1.54, 1.807) is 24.0 Å². The van der Waals surface area contributed by atoms with Gasteiger partial charge in [-0.15, -0.1) is 0 Å². The standard InChI is InChI=1S/C22H27N3O6S2/c1-3-31-21-9-6-18(15-22(21)33(29,30)24-11-4-5-12-24)23-32(27,28)19-7-8-20-17(14-19)10-13-25(20)16(2)26/h6-9,14-15,23H,3-5,10-13H2,1-2H3. The Kier molecular flexibility index (Phi) is 6.39. The highest BCUT2D eigenvalue weighted by molar-refractivity contribution is 7.92. The molecule has 2 aliphatic rings. The minimum absolute atomic E-state index is 0.0458. The predicted octanol–water partition coefficient (Wildman–Crippen LogP) is 2.58. The Bertz CT molecular complexity index is 1290. The summed E-state index contributed by atoms with van der Waals surface area (Å²) in [4.78, 5) is 13.3. The second kappa shape index (κ2) is 8.96. The van der Waals surface area contributed by atoms with Gasteiger partial charge in [0.2, 0.25) is 15.9 Å².